The van der Waals surface area contributed by atoms with E-state index in [1.165, 1.54) is 0 Å². The van der Waals surface area contributed by atoms with Crippen LogP contribution in [0.25, 0.3) is 0 Å². The van der Waals surface area contributed by atoms with E-state index in [1.54, 1.807) is 20.8 Å². The first kappa shape index (κ1) is 15.6. The molecule has 0 fully saturated rings. The van der Waals surface area contributed by atoms with Crippen molar-refractivity contribution in [3.05, 3.63) is 0 Å². The molecule has 0 bridgehead atoms. The first-order valence-electron chi connectivity index (χ1n) is 5.49. The lowest BCUT2D eigenvalue weighted by Crippen LogP contribution is -2.34. The summed E-state index contributed by atoms with van der Waals surface area (Å²) in [4.78, 5) is 32.9. The van der Waals surface area contributed by atoms with Crippen molar-refractivity contribution in [3.8, 4) is 0 Å². The van der Waals surface area contributed by atoms with Gasteiger partial charge in [-0.05, 0) is 32.3 Å². The Balaban J connectivity index is 4.68. The molecule has 16 heavy (non-hydrogen) atoms. The van der Waals surface area contributed by atoms with Crippen molar-refractivity contribution in [1.82, 2.24) is 0 Å². The van der Waals surface area contributed by atoms with Gasteiger partial charge in [0.05, 0.1) is 12.0 Å². The van der Waals surface area contributed by atoms with E-state index in [1.807, 2.05) is 0 Å². The van der Waals surface area contributed by atoms with E-state index in [4.69, 9.17) is 4.74 Å². The molecule has 0 aromatic carbocycles. The molecular weight excluding hydrogens is 231 g/mol. The molecule has 0 aliphatic carbocycles. The fourth-order valence-electron chi connectivity index (χ4n) is 1.63. The van der Waals surface area contributed by atoms with Crippen LogP contribution in [0.15, 0.2) is 0 Å². The van der Waals surface area contributed by atoms with E-state index < -0.39 is 25.1 Å². The number of esters is 1. The highest BCUT2D eigenvalue weighted by molar-refractivity contribution is 7.48. The van der Waals surface area contributed by atoms with Crippen molar-refractivity contribution in [2.45, 2.75) is 40.0 Å². The van der Waals surface area contributed by atoms with Gasteiger partial charge in [-0.3, -0.25) is 4.79 Å². The van der Waals surface area contributed by atoms with Crippen molar-refractivity contribution < 1.29 is 23.9 Å². The van der Waals surface area contributed by atoms with E-state index in [0.29, 0.717) is 12.8 Å². The second-order valence-corrected chi connectivity index (χ2v) is 5.46. The molecule has 0 rings (SSSR count). The molecule has 0 radical (unpaired) electrons. The summed E-state index contributed by atoms with van der Waals surface area (Å²) in [5, 5.41) is 0. The molecule has 0 saturated heterocycles. The van der Waals surface area contributed by atoms with Gasteiger partial charge in [-0.1, -0.05) is 21.4 Å². The first-order chi connectivity index (χ1) is 7.31. The monoisotopic (exact) mass is 250 g/mol. The summed E-state index contributed by atoms with van der Waals surface area (Å²) in [6.07, 6.45) is 0.501. The molecule has 96 valence electrons. The predicted molar refractivity (Wildman–Crippen MR) is 56.7 cm³/mol. The van der Waals surface area contributed by atoms with Crippen LogP contribution in [0, 0.1) is 5.41 Å². The van der Waals surface area contributed by atoms with Gasteiger partial charge >= 0.3 is 5.97 Å². The smallest absolute Gasteiger partial charge is 0.312 e. The molecule has 6 heteroatoms. The number of carbonyl (C=O) groups is 1. The lowest BCUT2D eigenvalue weighted by Gasteiger charge is -2.35. The number of rotatable bonds is 7. The highest BCUT2D eigenvalue weighted by Gasteiger charge is 2.35. The van der Waals surface area contributed by atoms with Crippen molar-refractivity contribution in [3.63, 3.8) is 0 Å². The average Bonchev–Trinajstić information content (AvgIpc) is 2.19. The lowest BCUT2D eigenvalue weighted by molar-refractivity contribution is -0.313. The summed E-state index contributed by atoms with van der Waals surface area (Å²) < 4.78 is 15.5. The SMILES string of the molecule is CCOC(=O)C(CC)(CC)CCP(=O)([O-])[O-]. The van der Waals surface area contributed by atoms with Crippen LogP contribution in [-0.2, 0) is 14.1 Å². The third-order valence-electron chi connectivity index (χ3n) is 2.93. The predicted octanol–water partition coefficient (Wildman–Crippen LogP) is 0.660. The zero-order chi connectivity index (χ0) is 12.8. The van der Waals surface area contributed by atoms with Gasteiger partial charge in [0.15, 0.2) is 0 Å². The molecular formula is C10H19O5P-2. The quantitative estimate of drug-likeness (QED) is 0.489. The van der Waals surface area contributed by atoms with Crippen LogP contribution >= 0.6 is 7.60 Å². The van der Waals surface area contributed by atoms with Crippen LogP contribution in [0.4, 0.5) is 0 Å². The molecule has 0 atom stereocenters. The molecule has 0 heterocycles. The van der Waals surface area contributed by atoms with Crippen LogP contribution < -0.4 is 9.79 Å². The molecule has 0 N–H and O–H groups in total. The van der Waals surface area contributed by atoms with E-state index in [0.717, 1.165) is 0 Å². The minimum Gasteiger partial charge on any atom is -0.811 e. The second kappa shape index (κ2) is 6.38. The number of ether oxygens (including phenoxy) is 1. The highest BCUT2D eigenvalue weighted by Crippen LogP contribution is 2.37. The largest absolute Gasteiger partial charge is 0.811 e. The van der Waals surface area contributed by atoms with Gasteiger partial charge in [0.25, 0.3) is 0 Å². The molecule has 0 amide bonds. The molecule has 0 aromatic heterocycles. The third-order valence-corrected chi connectivity index (χ3v) is 3.70. The molecule has 0 aliphatic heterocycles. The molecule has 0 unspecified atom stereocenters. The van der Waals surface area contributed by atoms with Gasteiger partial charge in [0.1, 0.15) is 0 Å². The third kappa shape index (κ3) is 4.64. The number of hydrogen-bond donors (Lipinski definition) is 0. The maximum Gasteiger partial charge on any atom is 0.312 e. The van der Waals surface area contributed by atoms with Gasteiger partial charge in [0.2, 0.25) is 0 Å². The zero-order valence-corrected chi connectivity index (χ0v) is 10.9. The van der Waals surface area contributed by atoms with Crippen LogP contribution in [0.1, 0.15) is 40.0 Å². The van der Waals surface area contributed by atoms with Gasteiger partial charge in [-0.25, -0.2) is 0 Å². The lowest BCUT2D eigenvalue weighted by atomic mass is 9.80. The van der Waals surface area contributed by atoms with E-state index >= 15 is 0 Å². The summed E-state index contributed by atoms with van der Waals surface area (Å²) >= 11 is 0. The summed E-state index contributed by atoms with van der Waals surface area (Å²) in [6, 6.07) is 0. The fraction of sp³-hybridized carbons (Fsp3) is 0.900. The van der Waals surface area contributed by atoms with Crippen LogP contribution in [0.2, 0.25) is 0 Å². The van der Waals surface area contributed by atoms with Crippen molar-refractivity contribution in [2.75, 3.05) is 12.8 Å². The molecule has 0 aliphatic rings. The van der Waals surface area contributed by atoms with Crippen molar-refractivity contribution in [1.29, 1.82) is 0 Å². The van der Waals surface area contributed by atoms with Gasteiger partial charge in [-0.15, -0.1) is 0 Å². The summed E-state index contributed by atoms with van der Waals surface area (Å²) in [7, 11) is -4.55. The maximum absolute atomic E-state index is 11.7. The summed E-state index contributed by atoms with van der Waals surface area (Å²) in [5.74, 6) is -0.409. The van der Waals surface area contributed by atoms with Crippen molar-refractivity contribution in [2.24, 2.45) is 5.41 Å². The standard InChI is InChI=1S/C10H21O5P/c1-4-10(5-2,9(11)15-6-3)7-8-16(12,13)14/h4-8H2,1-3H3,(H2,12,13,14)/p-2. The minimum absolute atomic E-state index is 0.0448. The Morgan fingerprint density at radius 2 is 1.75 bits per heavy atom. The number of carbonyl (C=O) groups excluding carboxylic acids is 1. The van der Waals surface area contributed by atoms with Crippen LogP contribution in [-0.4, -0.2) is 18.7 Å². The molecule has 5 nitrogen and oxygen atoms in total. The highest BCUT2D eigenvalue weighted by atomic mass is 31.2. The Morgan fingerprint density at radius 3 is 2.06 bits per heavy atom. The normalized spacial score (nSPS) is 12.6. The van der Waals surface area contributed by atoms with E-state index in [-0.39, 0.29) is 13.0 Å². The maximum atomic E-state index is 11.7. The van der Waals surface area contributed by atoms with Gasteiger partial charge in [-0.2, -0.15) is 0 Å². The van der Waals surface area contributed by atoms with Crippen LogP contribution in [0.3, 0.4) is 0 Å². The van der Waals surface area contributed by atoms with E-state index in [2.05, 4.69) is 0 Å². The Bertz CT molecular complexity index is 266. The minimum atomic E-state index is -4.55. The van der Waals surface area contributed by atoms with E-state index in [9.17, 15) is 19.1 Å². The Kier molecular flexibility index (Phi) is 6.23. The fourth-order valence-corrected chi connectivity index (χ4v) is 2.33. The molecule has 0 saturated carbocycles. The first-order valence-corrected chi connectivity index (χ1v) is 7.22. The Labute approximate surface area is 96.4 Å². The zero-order valence-electron chi connectivity index (χ0n) is 10.0. The molecule has 0 aromatic rings. The van der Waals surface area contributed by atoms with Gasteiger partial charge in [0, 0.05) is 0 Å². The summed E-state index contributed by atoms with van der Waals surface area (Å²) in [5.41, 5.74) is -0.833. The summed E-state index contributed by atoms with van der Waals surface area (Å²) in [6.45, 7) is 5.54. The van der Waals surface area contributed by atoms with Crippen molar-refractivity contribution >= 4 is 13.6 Å². The Morgan fingerprint density at radius 1 is 1.25 bits per heavy atom. The average molecular weight is 250 g/mol. The molecule has 0 spiro atoms. The second-order valence-electron chi connectivity index (χ2n) is 3.79. The number of hydrogen-bond acceptors (Lipinski definition) is 5. The van der Waals surface area contributed by atoms with Crippen LogP contribution in [0.5, 0.6) is 0 Å². The van der Waals surface area contributed by atoms with Gasteiger partial charge < -0.3 is 19.1 Å². The Hall–Kier alpha value is -0.380. The topological polar surface area (TPSA) is 89.5 Å².